The van der Waals surface area contributed by atoms with E-state index in [1.54, 1.807) is 6.92 Å². The van der Waals surface area contributed by atoms with Crippen LogP contribution in [0.25, 0.3) is 0 Å². The molecule has 0 saturated heterocycles. The van der Waals surface area contributed by atoms with Crippen LogP contribution in [0, 0.1) is 6.92 Å². The van der Waals surface area contributed by atoms with E-state index >= 15 is 0 Å². The highest BCUT2D eigenvalue weighted by atomic mass is 35.5. The van der Waals surface area contributed by atoms with Crippen molar-refractivity contribution in [2.75, 3.05) is 18.5 Å². The Morgan fingerprint density at radius 2 is 1.68 bits per heavy atom. The second kappa shape index (κ2) is 9.20. The third kappa shape index (κ3) is 6.64. The minimum Gasteiger partial charge on any atom is -0.487 e. The highest BCUT2D eigenvalue weighted by Crippen LogP contribution is 2.31. The van der Waals surface area contributed by atoms with Crippen molar-refractivity contribution in [1.29, 1.82) is 0 Å². The number of nitrogens with zero attached hydrogens (tertiary/aromatic N) is 2. The Balaban J connectivity index is 2.29. The monoisotopic (exact) mass is 477 g/mol. The number of nitrogens with one attached hydrogen (secondary N) is 1. The number of rotatable bonds is 8. The lowest BCUT2D eigenvalue weighted by molar-refractivity contribution is -0.153. The van der Waals surface area contributed by atoms with E-state index in [4.69, 9.17) is 11.6 Å². The number of benzene rings is 1. The number of carbonyl (C=O) groups excluding carboxylic acids is 1. The van der Waals surface area contributed by atoms with Crippen LogP contribution in [0.3, 0.4) is 0 Å². The number of halogens is 8. The largest absolute Gasteiger partial charge is 0.487 e. The number of hydrogen-bond donors (Lipinski definition) is 1. The van der Waals surface area contributed by atoms with Crippen molar-refractivity contribution in [1.82, 2.24) is 9.78 Å². The van der Waals surface area contributed by atoms with Crippen molar-refractivity contribution in [2.45, 2.75) is 25.4 Å². The highest BCUT2D eigenvalue weighted by Gasteiger charge is 2.41. The number of aromatic nitrogens is 2. The summed E-state index contributed by atoms with van der Waals surface area (Å²) in [5.74, 6) is -6.44. The van der Waals surface area contributed by atoms with Crippen LogP contribution in [-0.4, -0.2) is 47.4 Å². The fourth-order valence-electron chi connectivity index (χ4n) is 2.14. The van der Waals surface area contributed by atoms with E-state index in [-0.39, 0.29) is 16.4 Å². The van der Waals surface area contributed by atoms with Crippen LogP contribution >= 0.6 is 11.6 Å². The van der Waals surface area contributed by atoms with Crippen LogP contribution in [0.1, 0.15) is 16.2 Å². The van der Waals surface area contributed by atoms with Crippen LogP contribution in [0.5, 0.6) is 11.5 Å². The molecule has 1 aromatic heterocycles. The Bertz CT molecular complexity index is 948. The Hall–Kier alpha value is -2.70. The first-order valence-electron chi connectivity index (χ1n) is 8.33. The molecule has 0 radical (unpaired) electrons. The third-order valence-electron chi connectivity index (χ3n) is 3.77. The van der Waals surface area contributed by atoms with Gasteiger partial charge in [0.05, 0.1) is 10.7 Å². The molecule has 0 bridgehead atoms. The van der Waals surface area contributed by atoms with Gasteiger partial charge < -0.3 is 14.8 Å². The maximum absolute atomic E-state index is 13.1. The highest BCUT2D eigenvalue weighted by molar-refractivity contribution is 6.34. The summed E-state index contributed by atoms with van der Waals surface area (Å²) in [6.45, 7) is -1.92. The van der Waals surface area contributed by atoms with Crippen LogP contribution in [0.15, 0.2) is 18.2 Å². The fraction of sp³-hybridized carbons (Fsp3) is 0.412. The molecule has 0 spiro atoms. The number of alkyl halides is 7. The molecule has 1 amide bonds. The average molecular weight is 478 g/mol. The summed E-state index contributed by atoms with van der Waals surface area (Å²) in [7, 11) is 1.51. The molecule has 1 aromatic carbocycles. The molecule has 172 valence electrons. The van der Waals surface area contributed by atoms with Gasteiger partial charge in [0.2, 0.25) is 0 Å². The van der Waals surface area contributed by atoms with Gasteiger partial charge in [-0.15, -0.1) is 0 Å². The maximum atomic E-state index is 13.1. The Kier molecular flexibility index (Phi) is 7.29. The first kappa shape index (κ1) is 24.6. The molecular formula is C17H15ClF7N3O3. The van der Waals surface area contributed by atoms with Crippen molar-refractivity contribution < 1.29 is 45.0 Å². The summed E-state index contributed by atoms with van der Waals surface area (Å²) in [5.41, 5.74) is 0.00160. The standard InChI is InChI=1S/C17H15ClF7N3O3/c1-8-12(18)13(27-28(8)2)14(29)26-9-3-10(30-6-16(21,22)15(19)20)5-11(4-9)31-7-17(23,24)25/h3-5,15H,6-7H2,1-2H3,(H,26,29). The zero-order valence-corrected chi connectivity index (χ0v) is 16.6. The number of ether oxygens (including phenoxy) is 2. The van der Waals surface area contributed by atoms with Gasteiger partial charge in [-0.25, -0.2) is 8.78 Å². The van der Waals surface area contributed by atoms with Gasteiger partial charge in [-0.2, -0.15) is 27.1 Å². The molecule has 1 heterocycles. The predicted octanol–water partition coefficient (Wildman–Crippen LogP) is 4.85. The molecule has 31 heavy (non-hydrogen) atoms. The van der Waals surface area contributed by atoms with Crippen LogP contribution in [0.2, 0.25) is 5.02 Å². The molecule has 2 rings (SSSR count). The van der Waals surface area contributed by atoms with Gasteiger partial charge >= 0.3 is 18.5 Å². The van der Waals surface area contributed by atoms with Crippen LogP contribution < -0.4 is 14.8 Å². The van der Waals surface area contributed by atoms with E-state index in [1.807, 2.05) is 0 Å². The van der Waals surface area contributed by atoms with Gasteiger partial charge in [-0.3, -0.25) is 9.48 Å². The first-order valence-corrected chi connectivity index (χ1v) is 8.71. The van der Waals surface area contributed by atoms with E-state index in [0.717, 1.165) is 18.2 Å². The van der Waals surface area contributed by atoms with E-state index in [0.29, 0.717) is 5.69 Å². The fourth-order valence-corrected chi connectivity index (χ4v) is 2.38. The minimum atomic E-state index is -4.72. The van der Waals surface area contributed by atoms with E-state index in [9.17, 15) is 35.5 Å². The van der Waals surface area contributed by atoms with Crippen LogP contribution in [0.4, 0.5) is 36.4 Å². The average Bonchev–Trinajstić information content (AvgIpc) is 2.91. The van der Waals surface area contributed by atoms with E-state index < -0.39 is 49.1 Å². The van der Waals surface area contributed by atoms with Crippen molar-refractivity contribution in [3.63, 3.8) is 0 Å². The number of carbonyl (C=O) groups is 1. The van der Waals surface area contributed by atoms with Gasteiger partial charge in [0, 0.05) is 30.9 Å². The van der Waals surface area contributed by atoms with Gasteiger partial charge in [-0.1, -0.05) is 11.6 Å². The second-order valence-corrected chi connectivity index (χ2v) is 6.65. The van der Waals surface area contributed by atoms with Gasteiger partial charge in [-0.05, 0) is 6.92 Å². The van der Waals surface area contributed by atoms with E-state index in [1.165, 1.54) is 11.7 Å². The second-order valence-electron chi connectivity index (χ2n) is 6.27. The molecule has 0 aliphatic carbocycles. The van der Waals surface area contributed by atoms with Gasteiger partial charge in [0.15, 0.2) is 18.9 Å². The first-order chi connectivity index (χ1) is 14.2. The summed E-state index contributed by atoms with van der Waals surface area (Å²) >= 11 is 5.99. The van der Waals surface area contributed by atoms with Crippen molar-refractivity contribution >= 4 is 23.2 Å². The summed E-state index contributed by atoms with van der Waals surface area (Å²) in [4.78, 5) is 12.4. The molecule has 1 N–H and O–H groups in total. The SMILES string of the molecule is Cc1c(Cl)c(C(=O)Nc2cc(OCC(F)(F)F)cc(OCC(F)(F)C(F)F)c2)nn1C. The summed E-state index contributed by atoms with van der Waals surface area (Å²) < 4.78 is 98.5. The Morgan fingerprint density at radius 1 is 1.13 bits per heavy atom. The molecule has 0 aliphatic heterocycles. The summed E-state index contributed by atoms with van der Waals surface area (Å²) in [6, 6.07) is 2.66. The molecule has 0 atom stereocenters. The molecule has 2 aromatic rings. The lowest BCUT2D eigenvalue weighted by atomic mass is 10.2. The lowest BCUT2D eigenvalue weighted by Gasteiger charge is -2.17. The van der Waals surface area contributed by atoms with Crippen molar-refractivity contribution in [3.8, 4) is 11.5 Å². The third-order valence-corrected chi connectivity index (χ3v) is 4.22. The molecule has 0 unspecified atom stereocenters. The maximum Gasteiger partial charge on any atom is 0.422 e. The lowest BCUT2D eigenvalue weighted by Crippen LogP contribution is -2.33. The topological polar surface area (TPSA) is 65.4 Å². The van der Waals surface area contributed by atoms with E-state index in [2.05, 4.69) is 19.9 Å². The smallest absolute Gasteiger partial charge is 0.422 e. The van der Waals surface area contributed by atoms with Gasteiger partial charge in [0.25, 0.3) is 5.91 Å². The normalized spacial score (nSPS) is 12.2. The molecule has 0 saturated carbocycles. The molecule has 6 nitrogen and oxygen atoms in total. The molecule has 0 fully saturated rings. The van der Waals surface area contributed by atoms with Crippen LogP contribution in [-0.2, 0) is 7.05 Å². The summed E-state index contributed by atoms with van der Waals surface area (Å²) in [6.07, 6.45) is -8.74. The molecule has 14 heteroatoms. The number of aryl methyl sites for hydroxylation is 1. The molecule has 0 aliphatic rings. The zero-order valence-electron chi connectivity index (χ0n) is 15.9. The number of hydrogen-bond acceptors (Lipinski definition) is 4. The predicted molar refractivity (Wildman–Crippen MR) is 95.3 cm³/mol. The van der Waals surface area contributed by atoms with Crippen molar-refractivity contribution in [3.05, 3.63) is 34.6 Å². The Labute approximate surface area is 175 Å². The quantitative estimate of drug-likeness (QED) is 0.552. The summed E-state index contributed by atoms with van der Waals surface area (Å²) in [5, 5.41) is 6.16. The van der Waals surface area contributed by atoms with Gasteiger partial charge in [0.1, 0.15) is 11.5 Å². The van der Waals surface area contributed by atoms with Crippen molar-refractivity contribution in [2.24, 2.45) is 7.05 Å². The minimum absolute atomic E-state index is 0.0116. The Morgan fingerprint density at radius 3 is 2.13 bits per heavy atom. The number of anilines is 1. The number of amides is 1. The molecular weight excluding hydrogens is 463 g/mol. The zero-order chi connectivity index (χ0) is 23.6.